The van der Waals surface area contributed by atoms with E-state index in [1.807, 2.05) is 13.1 Å². The van der Waals surface area contributed by atoms with Gasteiger partial charge in [0.05, 0.1) is 12.7 Å². The minimum absolute atomic E-state index is 0.136. The van der Waals surface area contributed by atoms with Gasteiger partial charge < -0.3 is 10.2 Å². The van der Waals surface area contributed by atoms with E-state index < -0.39 is 0 Å². The lowest BCUT2D eigenvalue weighted by Crippen LogP contribution is -2.38. The Morgan fingerprint density at radius 3 is 2.47 bits per heavy atom. The highest BCUT2D eigenvalue weighted by Crippen LogP contribution is 2.36. The molecule has 0 radical (unpaired) electrons. The lowest BCUT2D eigenvalue weighted by Gasteiger charge is -2.35. The number of aromatic nitrogens is 5. The Labute approximate surface area is 177 Å². The molecule has 7 nitrogen and oxygen atoms in total. The topological polar surface area (TPSA) is 71.8 Å². The van der Waals surface area contributed by atoms with Gasteiger partial charge in [-0.25, -0.2) is 4.98 Å². The predicted octanol–water partition coefficient (Wildman–Crippen LogP) is 4.67. The molecule has 2 aliphatic rings. The Kier molecular flexibility index (Phi) is 4.49. The van der Waals surface area contributed by atoms with Crippen molar-refractivity contribution in [1.29, 1.82) is 0 Å². The summed E-state index contributed by atoms with van der Waals surface area (Å²) in [5, 5.41) is 12.1. The summed E-state index contributed by atoms with van der Waals surface area (Å²) in [7, 11) is 0. The highest BCUT2D eigenvalue weighted by atomic mass is 15.4. The molecule has 3 aromatic rings. The van der Waals surface area contributed by atoms with E-state index >= 15 is 0 Å². The van der Waals surface area contributed by atoms with E-state index in [4.69, 9.17) is 4.98 Å². The van der Waals surface area contributed by atoms with Crippen LogP contribution in [0.15, 0.2) is 30.5 Å². The number of hydrogen-bond acceptors (Lipinski definition) is 6. The van der Waals surface area contributed by atoms with E-state index in [1.54, 1.807) is 0 Å². The SMILES string of the molecule is Cc1nnc2n1-c1cnc(Nc3ccc(C(C)(C)C)cc3)nc1N(C1CCCC1)C2. The van der Waals surface area contributed by atoms with Crippen LogP contribution in [-0.2, 0) is 12.0 Å². The smallest absolute Gasteiger partial charge is 0.229 e. The molecule has 3 heterocycles. The molecule has 7 heteroatoms. The Bertz CT molecular complexity index is 1060. The first-order valence-corrected chi connectivity index (χ1v) is 10.8. The highest BCUT2D eigenvalue weighted by Gasteiger charge is 2.33. The highest BCUT2D eigenvalue weighted by molar-refractivity contribution is 5.64. The van der Waals surface area contributed by atoms with Crippen LogP contribution in [0.5, 0.6) is 0 Å². The number of anilines is 3. The van der Waals surface area contributed by atoms with Gasteiger partial charge in [0.1, 0.15) is 11.5 Å². The zero-order valence-corrected chi connectivity index (χ0v) is 18.2. The van der Waals surface area contributed by atoms with Gasteiger partial charge in [0.25, 0.3) is 0 Å². The van der Waals surface area contributed by atoms with Crippen molar-refractivity contribution >= 4 is 17.5 Å². The number of rotatable bonds is 3. The van der Waals surface area contributed by atoms with Crippen molar-refractivity contribution in [2.24, 2.45) is 0 Å². The molecule has 1 aliphatic carbocycles. The molecule has 0 spiro atoms. The van der Waals surface area contributed by atoms with Crippen LogP contribution < -0.4 is 10.2 Å². The summed E-state index contributed by atoms with van der Waals surface area (Å²) in [6.07, 6.45) is 6.85. The lowest BCUT2D eigenvalue weighted by molar-refractivity contribution is 0.566. The second-order valence-corrected chi connectivity index (χ2v) is 9.42. The second-order valence-electron chi connectivity index (χ2n) is 9.42. The maximum atomic E-state index is 4.95. The van der Waals surface area contributed by atoms with Crippen LogP contribution in [0.4, 0.5) is 17.5 Å². The monoisotopic (exact) mass is 403 g/mol. The number of benzene rings is 1. The fourth-order valence-electron chi connectivity index (χ4n) is 4.55. The van der Waals surface area contributed by atoms with Gasteiger partial charge in [-0.15, -0.1) is 10.2 Å². The zero-order valence-electron chi connectivity index (χ0n) is 18.2. The molecule has 1 aromatic carbocycles. The zero-order chi connectivity index (χ0) is 20.9. The van der Waals surface area contributed by atoms with Gasteiger partial charge in [-0.2, -0.15) is 4.98 Å². The minimum atomic E-state index is 0.136. The molecule has 0 saturated heterocycles. The molecule has 1 N–H and O–H groups in total. The van der Waals surface area contributed by atoms with Gasteiger partial charge in [0.2, 0.25) is 5.95 Å². The predicted molar refractivity (Wildman–Crippen MR) is 119 cm³/mol. The second kappa shape index (κ2) is 7.07. The fraction of sp³-hybridized carbons (Fsp3) is 0.478. The van der Waals surface area contributed by atoms with Gasteiger partial charge in [0.15, 0.2) is 11.6 Å². The Balaban J connectivity index is 1.49. The average Bonchev–Trinajstić information content (AvgIpc) is 3.37. The molecular formula is C23H29N7. The minimum Gasteiger partial charge on any atom is -0.344 e. The molecule has 156 valence electrons. The van der Waals surface area contributed by atoms with Crippen molar-refractivity contribution in [3.8, 4) is 5.69 Å². The first-order chi connectivity index (χ1) is 14.4. The first-order valence-electron chi connectivity index (χ1n) is 10.8. The fourth-order valence-corrected chi connectivity index (χ4v) is 4.55. The number of aryl methyl sites for hydroxylation is 1. The Morgan fingerprint density at radius 2 is 1.77 bits per heavy atom. The number of nitrogens with zero attached hydrogens (tertiary/aromatic N) is 6. The van der Waals surface area contributed by atoms with E-state index in [0.717, 1.165) is 35.4 Å². The van der Waals surface area contributed by atoms with E-state index in [-0.39, 0.29) is 5.41 Å². The average molecular weight is 404 g/mol. The summed E-state index contributed by atoms with van der Waals surface area (Å²) in [6.45, 7) is 9.40. The summed E-state index contributed by atoms with van der Waals surface area (Å²) in [4.78, 5) is 12.0. The molecular weight excluding hydrogens is 374 g/mol. The quantitative estimate of drug-likeness (QED) is 0.685. The van der Waals surface area contributed by atoms with Crippen LogP contribution in [0, 0.1) is 6.92 Å². The van der Waals surface area contributed by atoms with Crippen molar-refractivity contribution in [3.05, 3.63) is 47.7 Å². The van der Waals surface area contributed by atoms with Crippen LogP contribution >= 0.6 is 0 Å². The van der Waals surface area contributed by atoms with Gasteiger partial charge in [0, 0.05) is 11.7 Å². The molecule has 0 unspecified atom stereocenters. The molecule has 2 aromatic heterocycles. The van der Waals surface area contributed by atoms with Gasteiger partial charge in [-0.05, 0) is 42.9 Å². The summed E-state index contributed by atoms with van der Waals surface area (Å²) in [5.74, 6) is 3.43. The molecule has 1 aliphatic heterocycles. The van der Waals surface area contributed by atoms with Crippen molar-refractivity contribution < 1.29 is 0 Å². The third kappa shape index (κ3) is 3.32. The van der Waals surface area contributed by atoms with E-state index in [1.165, 1.54) is 31.2 Å². The maximum Gasteiger partial charge on any atom is 0.229 e. The molecule has 1 saturated carbocycles. The third-order valence-corrected chi connectivity index (χ3v) is 6.24. The van der Waals surface area contributed by atoms with Crippen molar-refractivity contribution in [2.45, 2.75) is 71.4 Å². The van der Waals surface area contributed by atoms with Crippen molar-refractivity contribution in [2.75, 3.05) is 10.2 Å². The van der Waals surface area contributed by atoms with E-state index in [0.29, 0.717) is 12.0 Å². The van der Waals surface area contributed by atoms with Crippen LogP contribution in [-0.4, -0.2) is 30.8 Å². The van der Waals surface area contributed by atoms with Crippen LogP contribution in [0.1, 0.15) is 63.7 Å². The van der Waals surface area contributed by atoms with Crippen LogP contribution in [0.25, 0.3) is 5.69 Å². The Hall–Kier alpha value is -2.96. The van der Waals surface area contributed by atoms with Crippen LogP contribution in [0.3, 0.4) is 0 Å². The molecule has 0 bridgehead atoms. The van der Waals surface area contributed by atoms with Gasteiger partial charge >= 0.3 is 0 Å². The van der Waals surface area contributed by atoms with Gasteiger partial charge in [-0.3, -0.25) is 4.57 Å². The van der Waals surface area contributed by atoms with Crippen LogP contribution in [0.2, 0.25) is 0 Å². The summed E-state index contributed by atoms with van der Waals surface area (Å²) < 4.78 is 2.09. The normalized spacial score (nSPS) is 16.5. The lowest BCUT2D eigenvalue weighted by atomic mass is 9.87. The molecule has 1 fully saturated rings. The van der Waals surface area contributed by atoms with E-state index in [2.05, 4.69) is 75.0 Å². The maximum absolute atomic E-state index is 4.95. The third-order valence-electron chi connectivity index (χ3n) is 6.24. The first kappa shape index (κ1) is 19.0. The summed E-state index contributed by atoms with van der Waals surface area (Å²) in [6, 6.07) is 9.03. The molecule has 0 amide bonds. The number of hydrogen-bond donors (Lipinski definition) is 1. The van der Waals surface area contributed by atoms with E-state index in [9.17, 15) is 0 Å². The van der Waals surface area contributed by atoms with Crippen molar-refractivity contribution in [1.82, 2.24) is 24.7 Å². The Morgan fingerprint density at radius 1 is 1.03 bits per heavy atom. The van der Waals surface area contributed by atoms with Gasteiger partial charge in [-0.1, -0.05) is 45.7 Å². The number of nitrogens with one attached hydrogen (secondary N) is 1. The van der Waals surface area contributed by atoms with Crippen molar-refractivity contribution in [3.63, 3.8) is 0 Å². The summed E-state index contributed by atoms with van der Waals surface area (Å²) in [5.41, 5.74) is 3.41. The molecule has 0 atom stereocenters. The standard InChI is InChI=1S/C23H29N7/c1-15-27-28-20-14-29(18-7-5-6-8-18)21-19(30(15)20)13-24-22(26-21)25-17-11-9-16(10-12-17)23(2,3)4/h9-13,18H,5-8,14H2,1-4H3,(H,24,25,26). The molecule has 30 heavy (non-hydrogen) atoms. The number of fused-ring (bicyclic) bond motifs is 3. The largest absolute Gasteiger partial charge is 0.344 e. The summed E-state index contributed by atoms with van der Waals surface area (Å²) >= 11 is 0. The molecule has 5 rings (SSSR count).